The van der Waals surface area contributed by atoms with Crippen LogP contribution in [0.3, 0.4) is 0 Å². The Morgan fingerprint density at radius 2 is 0.935 bits per heavy atom. The monoisotopic (exact) mass is 1280 g/mol. The molecular formula is C75H96O16Si. The van der Waals surface area contributed by atoms with E-state index in [0.29, 0.717) is 13.2 Å². The van der Waals surface area contributed by atoms with Crippen molar-refractivity contribution < 1.29 is 75.8 Å². The molecule has 6 aromatic rings. The van der Waals surface area contributed by atoms with Gasteiger partial charge in [0.2, 0.25) is 8.32 Å². The van der Waals surface area contributed by atoms with Gasteiger partial charge >= 0.3 is 0 Å². The van der Waals surface area contributed by atoms with E-state index < -0.39 is 112 Å². The zero-order valence-corrected chi connectivity index (χ0v) is 55.8. The summed E-state index contributed by atoms with van der Waals surface area (Å²) in [4.78, 5) is 0. The molecule has 5 heterocycles. The van der Waals surface area contributed by atoms with Crippen molar-refractivity contribution in [2.75, 3.05) is 26.4 Å². The van der Waals surface area contributed by atoms with Gasteiger partial charge in [0, 0.05) is 17.4 Å². The highest BCUT2D eigenvalue weighted by Gasteiger charge is 2.62. The fraction of sp³-hybridized carbons (Fsp3) is 0.520. The Bertz CT molecular complexity index is 3080. The van der Waals surface area contributed by atoms with E-state index in [4.69, 9.17) is 70.7 Å². The average Bonchev–Trinajstić information content (AvgIpc) is 1.49. The van der Waals surface area contributed by atoms with Crippen LogP contribution in [0.15, 0.2) is 182 Å². The number of benzene rings is 6. The summed E-state index contributed by atoms with van der Waals surface area (Å²) in [6.45, 7) is 21.7. The Kier molecular flexibility index (Phi) is 23.8. The van der Waals surface area contributed by atoms with Gasteiger partial charge in [0.25, 0.3) is 0 Å². The molecule has 11 rings (SSSR count). The van der Waals surface area contributed by atoms with Crippen LogP contribution in [0.5, 0.6) is 0 Å². The van der Waals surface area contributed by atoms with Gasteiger partial charge < -0.3 is 75.8 Å². The maximum Gasteiger partial charge on any atom is 0.203 e. The zero-order chi connectivity index (χ0) is 64.2. The van der Waals surface area contributed by atoms with Gasteiger partial charge in [0.1, 0.15) is 48.3 Å². The van der Waals surface area contributed by atoms with Gasteiger partial charge in [-0.1, -0.05) is 237 Å². The highest BCUT2D eigenvalue weighted by atomic mass is 28.4. The molecule has 6 unspecified atom stereocenters. The second-order valence-electron chi connectivity index (χ2n) is 26.4. The van der Waals surface area contributed by atoms with Crippen molar-refractivity contribution >= 4 is 8.32 Å². The molecule has 0 spiro atoms. The number of rotatable bonds is 29. The smallest absolute Gasteiger partial charge is 0.203 e. The first-order chi connectivity index (χ1) is 44.7. The Morgan fingerprint density at radius 1 is 0.467 bits per heavy atom. The predicted molar refractivity (Wildman–Crippen MR) is 349 cm³/mol. The number of hydrogen-bond donors (Lipinski definition) is 1. The normalized spacial score (nSPS) is 31.7. The first kappa shape index (κ1) is 68.3. The third-order valence-electron chi connectivity index (χ3n) is 18.9. The van der Waals surface area contributed by atoms with Gasteiger partial charge in [-0.3, -0.25) is 0 Å². The molecule has 1 N–H and O–H groups in total. The molecule has 0 radical (unpaired) electrons. The fourth-order valence-electron chi connectivity index (χ4n) is 14.1. The van der Waals surface area contributed by atoms with Crippen molar-refractivity contribution in [1.82, 2.24) is 0 Å². The third kappa shape index (κ3) is 16.2. The summed E-state index contributed by atoms with van der Waals surface area (Å²) in [5, 5.41) is 13.0. The van der Waals surface area contributed by atoms with Crippen LogP contribution in [0.25, 0.3) is 0 Å². The van der Waals surface area contributed by atoms with Crippen molar-refractivity contribution in [3.8, 4) is 0 Å². The molecule has 0 aliphatic carbocycles. The van der Waals surface area contributed by atoms with E-state index in [1.807, 2.05) is 189 Å². The highest BCUT2D eigenvalue weighted by Crippen LogP contribution is 2.49. The van der Waals surface area contributed by atoms with Crippen LogP contribution in [-0.4, -0.2) is 132 Å². The second kappa shape index (κ2) is 32.1. The summed E-state index contributed by atoms with van der Waals surface area (Å²) in [5.41, 5.74) is 5.48. The molecule has 0 saturated carbocycles. The Labute approximate surface area is 545 Å². The minimum Gasteiger partial charge on any atom is -0.391 e. The molecule has 0 aromatic heterocycles. The van der Waals surface area contributed by atoms with Crippen molar-refractivity contribution in [2.45, 2.75) is 210 Å². The third-order valence-corrected chi connectivity index (χ3v) is 25.0. The second-order valence-corrected chi connectivity index (χ2v) is 31.8. The number of ether oxygens (including phenoxy) is 14. The van der Waals surface area contributed by atoms with Crippen molar-refractivity contribution in [2.24, 2.45) is 11.8 Å². The lowest BCUT2D eigenvalue weighted by atomic mass is 9.91. The Hall–Kier alpha value is -5.10. The summed E-state index contributed by atoms with van der Waals surface area (Å²) in [6.07, 6.45) is -13.1. The van der Waals surface area contributed by atoms with Crippen molar-refractivity contribution in [3.05, 3.63) is 215 Å². The molecule has 5 saturated heterocycles. The fourth-order valence-corrected chi connectivity index (χ4v) is 19.6. The molecule has 5 aliphatic rings. The van der Waals surface area contributed by atoms with Crippen LogP contribution < -0.4 is 0 Å². The zero-order valence-electron chi connectivity index (χ0n) is 54.8. The van der Waals surface area contributed by atoms with E-state index >= 15 is 0 Å². The van der Waals surface area contributed by atoms with E-state index in [1.54, 1.807) is 0 Å². The SMILES string of the molecule is CC1O[C@@H](O[Si](C(C)C)(C(C)C)C(C)C)[C@@H](C)C(O[C@@H]2OC(COCc3ccccc3)[C@@H](OCc3ccccc3)C(OCc3ccccc3)[C@H]2O)[C@H]1O[C@@H]1OC[C@@H](C)[C@@H](O[C@@H]2OC[C@@]3(COCc4ccccc4)O[C@@H](c4ccccc4)OC23)C1OCc1ccccc1. The lowest BCUT2D eigenvalue weighted by molar-refractivity contribution is -0.375. The van der Waals surface area contributed by atoms with Gasteiger partial charge in [-0.15, -0.1) is 0 Å². The summed E-state index contributed by atoms with van der Waals surface area (Å²) >= 11 is 0. The van der Waals surface area contributed by atoms with E-state index in [-0.39, 0.29) is 68.8 Å². The highest BCUT2D eigenvalue weighted by molar-refractivity contribution is 6.77. The van der Waals surface area contributed by atoms with Crippen LogP contribution in [-0.2, 0) is 104 Å². The molecule has 0 amide bonds. The van der Waals surface area contributed by atoms with Crippen molar-refractivity contribution in [3.63, 3.8) is 0 Å². The summed E-state index contributed by atoms with van der Waals surface area (Å²) < 4.78 is 105. The molecular weight excluding hydrogens is 1180 g/mol. The first-order valence-corrected chi connectivity index (χ1v) is 35.3. The topological polar surface area (TPSA) is 159 Å². The number of hydrogen-bond acceptors (Lipinski definition) is 16. The molecule has 16 nitrogen and oxygen atoms in total. The summed E-state index contributed by atoms with van der Waals surface area (Å²) in [6, 6.07) is 59.8. The summed E-state index contributed by atoms with van der Waals surface area (Å²) in [5.74, 6) is -0.726. The molecule has 5 fully saturated rings. The maximum atomic E-state index is 13.0. The quantitative estimate of drug-likeness (QED) is 0.0442. The predicted octanol–water partition coefficient (Wildman–Crippen LogP) is 13.2. The number of aliphatic hydroxyl groups is 1. The van der Waals surface area contributed by atoms with E-state index in [9.17, 15) is 5.11 Å². The van der Waals surface area contributed by atoms with Crippen LogP contribution >= 0.6 is 0 Å². The van der Waals surface area contributed by atoms with Crippen molar-refractivity contribution in [1.29, 1.82) is 0 Å². The largest absolute Gasteiger partial charge is 0.391 e. The van der Waals surface area contributed by atoms with Crippen LogP contribution in [0.2, 0.25) is 16.6 Å². The van der Waals surface area contributed by atoms with E-state index in [2.05, 4.69) is 55.4 Å². The van der Waals surface area contributed by atoms with Gasteiger partial charge in [-0.2, -0.15) is 0 Å². The Morgan fingerprint density at radius 3 is 1.47 bits per heavy atom. The lowest BCUT2D eigenvalue weighted by Crippen LogP contribution is -2.65. The lowest BCUT2D eigenvalue weighted by Gasteiger charge is -2.52. The van der Waals surface area contributed by atoms with Gasteiger partial charge in [-0.05, 0) is 51.4 Å². The summed E-state index contributed by atoms with van der Waals surface area (Å²) in [7, 11) is -2.61. The Balaban J connectivity index is 0.920. The number of aliphatic hydroxyl groups excluding tert-OH is 1. The standard InChI is InChI=1S/C75H96O16Si/c1-49(2)92(50(3)4,51(5)6)91-70-53(8)64(87-72-62(76)67(80-44-58-34-22-13-23-35-58)66(79-43-57-32-20-12-21-33-57)61(85-72)46-77-41-55-28-16-10-17-29-55)65(54(9)84-70)88-73-68(81-45-59-36-24-14-25-37-59)63(52(7)40-82-73)86-74-69-75(48-83-74,47-78-42-56-30-18-11-19-31-56)90-71(89-69)60-38-26-15-27-39-60/h10-39,49-54,61-74,76H,40-48H2,1-9H3/t52-,53+,54?,61?,62-,63-,64?,65+,66-,67?,68?,69?,70+,71+,72+,73+,74+,75-/m1/s1. The van der Waals surface area contributed by atoms with Gasteiger partial charge in [-0.25, -0.2) is 0 Å². The molecule has 496 valence electrons. The molecule has 5 aliphatic heterocycles. The van der Waals surface area contributed by atoms with E-state index in [1.165, 1.54) is 0 Å². The van der Waals surface area contributed by atoms with E-state index in [0.717, 1.165) is 33.4 Å². The molecule has 6 aromatic carbocycles. The molecule has 17 heteroatoms. The van der Waals surface area contributed by atoms with Crippen LogP contribution in [0.1, 0.15) is 102 Å². The van der Waals surface area contributed by atoms with Crippen LogP contribution in [0, 0.1) is 11.8 Å². The maximum absolute atomic E-state index is 13.0. The van der Waals surface area contributed by atoms with Gasteiger partial charge in [0.05, 0.1) is 77.8 Å². The minimum atomic E-state index is -2.61. The minimum absolute atomic E-state index is 0.0935. The van der Waals surface area contributed by atoms with Gasteiger partial charge in [0.15, 0.2) is 31.5 Å². The molecule has 18 atom stereocenters. The molecule has 0 bridgehead atoms. The average molecular weight is 1280 g/mol. The van der Waals surface area contributed by atoms with Crippen LogP contribution in [0.4, 0.5) is 0 Å². The first-order valence-electron chi connectivity index (χ1n) is 33.1. The molecule has 92 heavy (non-hydrogen) atoms. The number of fused-ring (bicyclic) bond motifs is 1.